The maximum atomic E-state index is 12.6. The zero-order valence-electron chi connectivity index (χ0n) is 13.8. The van der Waals surface area contributed by atoms with E-state index in [0.29, 0.717) is 18.9 Å². The summed E-state index contributed by atoms with van der Waals surface area (Å²) in [4.78, 5) is 32.5. The van der Waals surface area contributed by atoms with Gasteiger partial charge in [-0.1, -0.05) is 0 Å². The maximum absolute atomic E-state index is 12.6. The van der Waals surface area contributed by atoms with Crippen LogP contribution in [0.4, 0.5) is 0 Å². The molecule has 0 spiro atoms. The van der Waals surface area contributed by atoms with Crippen LogP contribution < -0.4 is 0 Å². The van der Waals surface area contributed by atoms with Crippen molar-refractivity contribution in [2.75, 3.05) is 26.7 Å². The molecule has 0 radical (unpaired) electrons. The summed E-state index contributed by atoms with van der Waals surface area (Å²) in [6.07, 6.45) is 5.87. The Labute approximate surface area is 140 Å². The standard InChI is InChI=1S/C17H21N5O2/c1-20-11-13(10-16(20)23)17(24)21-7-3-12(4-8-21)14-5-9-22-15(19-14)2-6-18-22/h2,5-6,9,12-13H,3-4,7-8,10-11H2,1H3. The molecule has 7 heteroatoms. The highest BCUT2D eigenvalue weighted by Gasteiger charge is 2.36. The Kier molecular flexibility index (Phi) is 3.70. The third-order valence-corrected chi connectivity index (χ3v) is 5.19. The maximum Gasteiger partial charge on any atom is 0.227 e. The van der Waals surface area contributed by atoms with Gasteiger partial charge in [-0.2, -0.15) is 5.10 Å². The van der Waals surface area contributed by atoms with E-state index in [1.54, 1.807) is 22.7 Å². The number of nitrogens with zero attached hydrogens (tertiary/aromatic N) is 5. The van der Waals surface area contributed by atoms with Crippen molar-refractivity contribution in [1.82, 2.24) is 24.4 Å². The molecule has 126 valence electrons. The molecule has 0 bridgehead atoms. The summed E-state index contributed by atoms with van der Waals surface area (Å²) >= 11 is 0. The Bertz CT molecular complexity index is 778. The number of hydrogen-bond donors (Lipinski definition) is 0. The normalized spacial score (nSPS) is 22.5. The second-order valence-electron chi connectivity index (χ2n) is 6.76. The van der Waals surface area contributed by atoms with Crippen LogP contribution in [0.2, 0.25) is 0 Å². The summed E-state index contributed by atoms with van der Waals surface area (Å²) in [6, 6.07) is 3.92. The van der Waals surface area contributed by atoms with Gasteiger partial charge in [-0.05, 0) is 18.9 Å². The van der Waals surface area contributed by atoms with E-state index < -0.39 is 0 Å². The van der Waals surface area contributed by atoms with Crippen LogP contribution in [0.25, 0.3) is 5.65 Å². The molecular formula is C17H21N5O2. The van der Waals surface area contributed by atoms with Crippen molar-refractivity contribution in [3.63, 3.8) is 0 Å². The number of amides is 2. The lowest BCUT2D eigenvalue weighted by molar-refractivity contribution is -0.136. The molecule has 24 heavy (non-hydrogen) atoms. The van der Waals surface area contributed by atoms with Gasteiger partial charge in [-0.15, -0.1) is 0 Å². The summed E-state index contributed by atoms with van der Waals surface area (Å²) in [5.74, 6) is 0.411. The van der Waals surface area contributed by atoms with Gasteiger partial charge in [0, 0.05) is 57.0 Å². The number of aromatic nitrogens is 3. The predicted molar refractivity (Wildman–Crippen MR) is 87.3 cm³/mol. The molecular weight excluding hydrogens is 306 g/mol. The monoisotopic (exact) mass is 327 g/mol. The van der Waals surface area contributed by atoms with Gasteiger partial charge >= 0.3 is 0 Å². The molecule has 2 aliphatic heterocycles. The van der Waals surface area contributed by atoms with Crippen molar-refractivity contribution >= 4 is 17.5 Å². The molecule has 1 atom stereocenters. The molecule has 0 saturated carbocycles. The molecule has 2 aromatic rings. The number of rotatable bonds is 2. The number of carbonyl (C=O) groups is 2. The summed E-state index contributed by atoms with van der Waals surface area (Å²) in [6.45, 7) is 2.03. The third-order valence-electron chi connectivity index (χ3n) is 5.19. The Balaban J connectivity index is 1.39. The van der Waals surface area contributed by atoms with E-state index in [1.165, 1.54) is 0 Å². The number of hydrogen-bond acceptors (Lipinski definition) is 4. The summed E-state index contributed by atoms with van der Waals surface area (Å²) in [5.41, 5.74) is 1.93. The Morgan fingerprint density at radius 1 is 1.25 bits per heavy atom. The number of likely N-dealkylation sites (tertiary alicyclic amines) is 2. The third kappa shape index (κ3) is 2.64. The number of fused-ring (bicyclic) bond motifs is 1. The minimum Gasteiger partial charge on any atom is -0.345 e. The van der Waals surface area contributed by atoms with Gasteiger partial charge in [0.05, 0.1) is 12.1 Å². The quantitative estimate of drug-likeness (QED) is 0.822. The molecule has 4 heterocycles. The largest absolute Gasteiger partial charge is 0.345 e. The van der Waals surface area contributed by atoms with E-state index in [0.717, 1.165) is 37.3 Å². The molecule has 0 N–H and O–H groups in total. The van der Waals surface area contributed by atoms with Crippen molar-refractivity contribution < 1.29 is 9.59 Å². The van der Waals surface area contributed by atoms with E-state index in [-0.39, 0.29) is 17.7 Å². The lowest BCUT2D eigenvalue weighted by Gasteiger charge is -2.33. The zero-order valence-corrected chi connectivity index (χ0v) is 13.8. The van der Waals surface area contributed by atoms with Crippen LogP contribution in [-0.4, -0.2) is 62.9 Å². The lowest BCUT2D eigenvalue weighted by atomic mass is 9.92. The molecule has 1 unspecified atom stereocenters. The van der Waals surface area contributed by atoms with Crippen molar-refractivity contribution in [3.8, 4) is 0 Å². The first-order chi connectivity index (χ1) is 11.6. The van der Waals surface area contributed by atoms with Crippen LogP contribution in [0.1, 0.15) is 30.9 Å². The second kappa shape index (κ2) is 5.89. The lowest BCUT2D eigenvalue weighted by Crippen LogP contribution is -2.42. The molecule has 0 aliphatic carbocycles. The Hall–Kier alpha value is -2.44. The van der Waals surface area contributed by atoms with Gasteiger partial charge < -0.3 is 9.80 Å². The highest BCUT2D eigenvalue weighted by atomic mass is 16.2. The van der Waals surface area contributed by atoms with Gasteiger partial charge in [0.2, 0.25) is 11.8 Å². The highest BCUT2D eigenvalue weighted by molar-refractivity contribution is 5.89. The van der Waals surface area contributed by atoms with Crippen molar-refractivity contribution in [1.29, 1.82) is 0 Å². The van der Waals surface area contributed by atoms with Gasteiger partial charge in [0.15, 0.2) is 5.65 Å². The van der Waals surface area contributed by atoms with Crippen LogP contribution in [0.3, 0.4) is 0 Å². The van der Waals surface area contributed by atoms with Gasteiger partial charge in [-0.25, -0.2) is 9.50 Å². The predicted octanol–water partition coefficient (Wildman–Crippen LogP) is 0.914. The van der Waals surface area contributed by atoms with Gasteiger partial charge in [0.1, 0.15) is 0 Å². The number of piperidine rings is 1. The zero-order chi connectivity index (χ0) is 16.7. The molecule has 2 fully saturated rings. The average molecular weight is 327 g/mol. The fourth-order valence-electron chi connectivity index (χ4n) is 3.74. The average Bonchev–Trinajstić information content (AvgIpc) is 3.20. The fourth-order valence-corrected chi connectivity index (χ4v) is 3.74. The van der Waals surface area contributed by atoms with Crippen LogP contribution in [0.15, 0.2) is 24.5 Å². The summed E-state index contributed by atoms with van der Waals surface area (Å²) in [7, 11) is 1.76. The molecule has 2 saturated heterocycles. The molecule has 2 amide bonds. The van der Waals surface area contributed by atoms with E-state index in [1.807, 2.05) is 23.2 Å². The first-order valence-corrected chi connectivity index (χ1v) is 8.45. The molecule has 2 aliphatic rings. The van der Waals surface area contributed by atoms with Crippen molar-refractivity contribution in [2.45, 2.75) is 25.2 Å². The Morgan fingerprint density at radius 2 is 2.04 bits per heavy atom. The fraction of sp³-hybridized carbons (Fsp3) is 0.529. The van der Waals surface area contributed by atoms with E-state index in [2.05, 4.69) is 10.1 Å². The van der Waals surface area contributed by atoms with Crippen LogP contribution in [0.5, 0.6) is 0 Å². The topological polar surface area (TPSA) is 70.8 Å². The molecule has 2 aromatic heterocycles. The van der Waals surface area contributed by atoms with E-state index in [9.17, 15) is 9.59 Å². The molecule has 0 aromatic carbocycles. The van der Waals surface area contributed by atoms with E-state index >= 15 is 0 Å². The van der Waals surface area contributed by atoms with Crippen molar-refractivity contribution in [2.24, 2.45) is 5.92 Å². The SMILES string of the molecule is CN1CC(C(=O)N2CCC(c3ccn4nccc4n3)CC2)CC1=O. The van der Waals surface area contributed by atoms with Gasteiger partial charge in [-0.3, -0.25) is 9.59 Å². The van der Waals surface area contributed by atoms with Crippen LogP contribution in [-0.2, 0) is 9.59 Å². The van der Waals surface area contributed by atoms with Crippen LogP contribution >= 0.6 is 0 Å². The minimum absolute atomic E-state index is 0.0709. The summed E-state index contributed by atoms with van der Waals surface area (Å²) < 4.78 is 1.76. The smallest absolute Gasteiger partial charge is 0.227 e. The second-order valence-corrected chi connectivity index (χ2v) is 6.76. The molecule has 4 rings (SSSR count). The Morgan fingerprint density at radius 3 is 2.75 bits per heavy atom. The van der Waals surface area contributed by atoms with Crippen LogP contribution in [0, 0.1) is 5.92 Å². The summed E-state index contributed by atoms with van der Waals surface area (Å²) in [5, 5.41) is 4.17. The molecule has 7 nitrogen and oxygen atoms in total. The minimum atomic E-state index is -0.166. The first-order valence-electron chi connectivity index (χ1n) is 8.45. The number of carbonyl (C=O) groups excluding carboxylic acids is 2. The van der Waals surface area contributed by atoms with Crippen molar-refractivity contribution in [3.05, 3.63) is 30.2 Å². The first kappa shape index (κ1) is 15.1. The van der Waals surface area contributed by atoms with E-state index in [4.69, 9.17) is 0 Å². The van der Waals surface area contributed by atoms with Gasteiger partial charge in [0.25, 0.3) is 0 Å². The highest BCUT2D eigenvalue weighted by Crippen LogP contribution is 2.29.